The molecular weight excluding hydrogens is 218 g/mol. The summed E-state index contributed by atoms with van der Waals surface area (Å²) in [7, 11) is 0. The molecule has 0 unspecified atom stereocenters. The van der Waals surface area contributed by atoms with E-state index in [1.54, 1.807) is 36.4 Å². The number of nitrogens with zero attached hydrogens (tertiary/aromatic N) is 1. The van der Waals surface area contributed by atoms with Crippen LogP contribution in [0.15, 0.2) is 48.8 Å². The van der Waals surface area contributed by atoms with E-state index in [2.05, 4.69) is 0 Å². The van der Waals surface area contributed by atoms with Gasteiger partial charge in [-0.2, -0.15) is 4.73 Å². The van der Waals surface area contributed by atoms with E-state index in [0.29, 0.717) is 6.42 Å². The minimum absolute atomic E-state index is 0.277. The number of aromatic nitrogens is 1. The lowest BCUT2D eigenvalue weighted by Crippen LogP contribution is -2.23. The van der Waals surface area contributed by atoms with Gasteiger partial charge in [0.1, 0.15) is 0 Å². The summed E-state index contributed by atoms with van der Waals surface area (Å²) < 4.78 is 0.733. The first-order valence-corrected chi connectivity index (χ1v) is 5.15. The van der Waals surface area contributed by atoms with Gasteiger partial charge >= 0.3 is 5.97 Å². The van der Waals surface area contributed by atoms with Crippen molar-refractivity contribution in [2.45, 2.75) is 6.42 Å². The maximum Gasteiger partial charge on any atom is 0.335 e. The van der Waals surface area contributed by atoms with Crippen molar-refractivity contribution >= 4 is 5.97 Å². The van der Waals surface area contributed by atoms with Crippen molar-refractivity contribution in [2.24, 2.45) is 0 Å². The minimum Gasteiger partial charge on any atom is -0.619 e. The summed E-state index contributed by atoms with van der Waals surface area (Å²) in [5.41, 5.74) is 2.30. The Morgan fingerprint density at radius 1 is 1.06 bits per heavy atom. The van der Waals surface area contributed by atoms with Crippen LogP contribution in [0.3, 0.4) is 0 Å². The molecule has 0 atom stereocenters. The van der Waals surface area contributed by atoms with Crippen molar-refractivity contribution in [3.63, 3.8) is 0 Å². The fourth-order valence-electron chi connectivity index (χ4n) is 1.56. The molecule has 1 N–H and O–H groups in total. The van der Waals surface area contributed by atoms with Gasteiger partial charge in [-0.05, 0) is 29.7 Å². The Bertz CT molecular complexity index is 517. The van der Waals surface area contributed by atoms with E-state index in [0.717, 1.165) is 15.9 Å². The number of benzene rings is 1. The van der Waals surface area contributed by atoms with Crippen LogP contribution in [0.1, 0.15) is 21.5 Å². The molecule has 2 rings (SSSR count). The molecule has 0 fully saturated rings. The second-order valence-corrected chi connectivity index (χ2v) is 3.75. The second kappa shape index (κ2) is 4.65. The first-order valence-electron chi connectivity index (χ1n) is 5.15. The third-order valence-corrected chi connectivity index (χ3v) is 2.48. The number of carboxylic acid groups (broad SMARTS) is 1. The Hall–Kier alpha value is -2.36. The van der Waals surface area contributed by atoms with Gasteiger partial charge in [-0.15, -0.1) is 0 Å². The molecule has 86 valence electrons. The second-order valence-electron chi connectivity index (χ2n) is 3.75. The van der Waals surface area contributed by atoms with E-state index in [4.69, 9.17) is 5.11 Å². The molecule has 0 saturated carbocycles. The van der Waals surface area contributed by atoms with Crippen molar-refractivity contribution in [1.82, 2.24) is 0 Å². The largest absolute Gasteiger partial charge is 0.619 e. The Kier molecular flexibility index (Phi) is 3.05. The summed E-state index contributed by atoms with van der Waals surface area (Å²) >= 11 is 0. The zero-order valence-corrected chi connectivity index (χ0v) is 9.04. The minimum atomic E-state index is -0.927. The lowest BCUT2D eigenvalue weighted by molar-refractivity contribution is -0.605. The van der Waals surface area contributed by atoms with Gasteiger partial charge in [-0.3, -0.25) is 0 Å². The highest BCUT2D eigenvalue weighted by Crippen LogP contribution is 2.09. The zero-order valence-electron chi connectivity index (χ0n) is 9.04. The quantitative estimate of drug-likeness (QED) is 0.642. The van der Waals surface area contributed by atoms with Crippen molar-refractivity contribution in [1.29, 1.82) is 0 Å². The van der Waals surface area contributed by atoms with Crippen LogP contribution in [0, 0.1) is 5.21 Å². The van der Waals surface area contributed by atoms with Crippen LogP contribution in [-0.4, -0.2) is 11.1 Å². The third kappa shape index (κ3) is 2.81. The van der Waals surface area contributed by atoms with Crippen LogP contribution < -0.4 is 4.73 Å². The summed E-state index contributed by atoms with van der Waals surface area (Å²) in [4.78, 5) is 10.7. The third-order valence-electron chi connectivity index (χ3n) is 2.48. The van der Waals surface area contributed by atoms with Crippen LogP contribution in [0.2, 0.25) is 0 Å². The van der Waals surface area contributed by atoms with Gasteiger partial charge in [-0.1, -0.05) is 12.1 Å². The van der Waals surface area contributed by atoms with Crippen molar-refractivity contribution in [2.75, 3.05) is 0 Å². The van der Waals surface area contributed by atoms with Crippen molar-refractivity contribution < 1.29 is 14.6 Å². The molecule has 4 heteroatoms. The number of pyridine rings is 1. The average Bonchev–Trinajstić information content (AvgIpc) is 2.33. The van der Waals surface area contributed by atoms with Gasteiger partial charge in [0.2, 0.25) is 0 Å². The van der Waals surface area contributed by atoms with Gasteiger partial charge < -0.3 is 10.3 Å². The van der Waals surface area contributed by atoms with E-state index < -0.39 is 5.97 Å². The van der Waals surface area contributed by atoms with E-state index in [1.165, 1.54) is 12.4 Å². The number of carbonyl (C=O) groups is 1. The number of carboxylic acids is 1. The van der Waals surface area contributed by atoms with Crippen LogP contribution in [0.25, 0.3) is 0 Å². The molecular formula is C13H11NO3. The van der Waals surface area contributed by atoms with E-state index in [-0.39, 0.29) is 5.56 Å². The Balaban J connectivity index is 2.13. The maximum atomic E-state index is 10.8. The smallest absolute Gasteiger partial charge is 0.335 e. The molecule has 0 amide bonds. The normalized spacial score (nSPS) is 10.1. The Labute approximate surface area is 98.4 Å². The van der Waals surface area contributed by atoms with E-state index in [9.17, 15) is 10.0 Å². The average molecular weight is 229 g/mol. The van der Waals surface area contributed by atoms with Crippen LogP contribution in [0.4, 0.5) is 0 Å². The fraction of sp³-hybridized carbons (Fsp3) is 0.0769. The first-order chi connectivity index (χ1) is 8.15. The molecule has 0 saturated heterocycles. The fourth-order valence-corrected chi connectivity index (χ4v) is 1.56. The highest BCUT2D eigenvalue weighted by molar-refractivity contribution is 5.87. The summed E-state index contributed by atoms with van der Waals surface area (Å²) in [5.74, 6) is -0.927. The van der Waals surface area contributed by atoms with Gasteiger partial charge in [0.15, 0.2) is 12.4 Å². The molecule has 2 aromatic rings. The van der Waals surface area contributed by atoms with Crippen LogP contribution >= 0.6 is 0 Å². The molecule has 0 aliphatic carbocycles. The number of hydrogen-bond donors (Lipinski definition) is 1. The number of hydrogen-bond acceptors (Lipinski definition) is 2. The summed E-state index contributed by atoms with van der Waals surface area (Å²) in [6, 6.07) is 10.2. The highest BCUT2D eigenvalue weighted by atomic mass is 16.5. The number of aromatic carboxylic acids is 1. The molecule has 0 aliphatic heterocycles. The predicted octanol–water partition coefficient (Wildman–Crippen LogP) is 1.61. The molecule has 1 aromatic carbocycles. The first kappa shape index (κ1) is 11.1. The van der Waals surface area contributed by atoms with Gasteiger partial charge in [0, 0.05) is 12.1 Å². The molecule has 0 aliphatic rings. The Morgan fingerprint density at radius 2 is 1.59 bits per heavy atom. The highest BCUT2D eigenvalue weighted by Gasteiger charge is 2.02. The van der Waals surface area contributed by atoms with Gasteiger partial charge in [0.25, 0.3) is 0 Å². The maximum absolute atomic E-state index is 10.8. The molecule has 1 aromatic heterocycles. The van der Waals surface area contributed by atoms with Crippen molar-refractivity contribution in [3.05, 3.63) is 70.7 Å². The number of rotatable bonds is 3. The molecule has 0 spiro atoms. The zero-order chi connectivity index (χ0) is 12.3. The summed E-state index contributed by atoms with van der Waals surface area (Å²) in [6.45, 7) is 0. The van der Waals surface area contributed by atoms with Crippen molar-refractivity contribution in [3.8, 4) is 0 Å². The van der Waals surface area contributed by atoms with Crippen LogP contribution in [0.5, 0.6) is 0 Å². The molecule has 4 nitrogen and oxygen atoms in total. The topological polar surface area (TPSA) is 64.2 Å². The van der Waals surface area contributed by atoms with Gasteiger partial charge in [0.05, 0.1) is 5.56 Å². The Morgan fingerprint density at radius 3 is 2.12 bits per heavy atom. The van der Waals surface area contributed by atoms with Crippen LogP contribution in [-0.2, 0) is 6.42 Å². The lowest BCUT2D eigenvalue weighted by atomic mass is 10.0. The SMILES string of the molecule is O=C(O)c1ccc(Cc2cc[n+]([O-])cc2)cc1. The monoisotopic (exact) mass is 229 g/mol. The standard InChI is InChI=1S/C13H11NO3/c15-13(16)12-3-1-10(2-4-12)9-11-5-7-14(17)8-6-11/h1-8H,9H2,(H,15,16). The molecule has 17 heavy (non-hydrogen) atoms. The summed E-state index contributed by atoms with van der Waals surface area (Å²) in [5, 5.41) is 19.6. The predicted molar refractivity (Wildman–Crippen MR) is 61.6 cm³/mol. The molecule has 0 bridgehead atoms. The lowest BCUT2D eigenvalue weighted by Gasteiger charge is -2.02. The van der Waals surface area contributed by atoms with E-state index >= 15 is 0 Å². The van der Waals surface area contributed by atoms with Gasteiger partial charge in [-0.25, -0.2) is 4.79 Å². The molecule has 1 heterocycles. The van der Waals surface area contributed by atoms with E-state index in [1.807, 2.05) is 0 Å². The summed E-state index contributed by atoms with van der Waals surface area (Å²) in [6.07, 6.45) is 3.57. The molecule has 0 radical (unpaired) electrons.